The van der Waals surface area contributed by atoms with Crippen molar-refractivity contribution in [2.45, 2.75) is 119 Å². The Morgan fingerprint density at radius 1 is 0.787 bits per heavy atom. The van der Waals surface area contributed by atoms with E-state index in [0.717, 1.165) is 31.7 Å². The van der Waals surface area contributed by atoms with Gasteiger partial charge in [-0.3, -0.25) is 0 Å². The number of hydrogen-bond acceptors (Lipinski definition) is 3. The third-order valence-electron chi connectivity index (χ3n) is 8.80. The zero-order valence-corrected chi connectivity index (χ0v) is 26.6. The molecule has 2 unspecified atom stereocenters. The van der Waals surface area contributed by atoms with Crippen molar-refractivity contribution >= 4 is 10.2 Å². The monoisotopic (exact) mass is 712 g/mol. The third kappa shape index (κ3) is 10.1. The maximum atomic E-state index is 14.9. The van der Waals surface area contributed by atoms with Gasteiger partial charge in [0.05, 0.1) is 18.3 Å². The summed E-state index contributed by atoms with van der Waals surface area (Å²) in [6.07, 6.45) is -1.67. The normalized spacial score (nSPS) is 24.4. The first-order valence-corrected chi connectivity index (χ1v) is 17.7. The number of alkyl halides is 4. The minimum Gasteiger partial charge on any atom is -0.429 e. The molecule has 0 bridgehead atoms. The SMILES string of the molecule is CCCCCCCC1CCC(C(F)(F)OC2CCC(c3ccc(C(F)(F)Oc4ccc(S(F)(F)(F)(F)F)c(F)c4)c(F)c3)CC2)OC1. The number of rotatable bonds is 14. The zero-order chi connectivity index (χ0) is 34.7. The first-order valence-electron chi connectivity index (χ1n) is 15.8. The van der Waals surface area contributed by atoms with Crippen LogP contribution in [0.2, 0.25) is 0 Å². The van der Waals surface area contributed by atoms with Crippen LogP contribution in [0, 0.1) is 17.6 Å². The third-order valence-corrected chi connectivity index (χ3v) is 9.96. The van der Waals surface area contributed by atoms with Crippen LogP contribution in [0.4, 0.5) is 45.8 Å². The Hall–Kier alpha value is -2.26. The maximum Gasteiger partial charge on any atom is 0.429 e. The van der Waals surface area contributed by atoms with Crippen molar-refractivity contribution in [3.63, 3.8) is 0 Å². The van der Waals surface area contributed by atoms with Gasteiger partial charge in [-0.1, -0.05) is 64.5 Å². The molecule has 0 amide bonds. The van der Waals surface area contributed by atoms with Gasteiger partial charge in [-0.25, -0.2) is 8.78 Å². The lowest BCUT2D eigenvalue weighted by Crippen LogP contribution is -2.45. The van der Waals surface area contributed by atoms with Gasteiger partial charge in [-0.15, -0.1) is 0 Å². The molecule has 4 rings (SSSR count). The molecule has 1 saturated heterocycles. The van der Waals surface area contributed by atoms with Crippen LogP contribution < -0.4 is 4.74 Å². The van der Waals surface area contributed by atoms with Crippen LogP contribution in [0.25, 0.3) is 0 Å². The highest BCUT2D eigenvalue weighted by atomic mass is 32.5. The number of halogens is 11. The van der Waals surface area contributed by atoms with Gasteiger partial charge in [0.2, 0.25) is 0 Å². The molecular weight excluding hydrogens is 673 g/mol. The van der Waals surface area contributed by atoms with E-state index in [2.05, 4.69) is 11.7 Å². The molecule has 2 fully saturated rings. The molecule has 2 aromatic rings. The second-order valence-corrected chi connectivity index (χ2v) is 14.9. The van der Waals surface area contributed by atoms with Gasteiger partial charge in [-0.05, 0) is 86.6 Å². The van der Waals surface area contributed by atoms with Crippen molar-refractivity contribution in [3.05, 3.63) is 59.2 Å². The number of hydrogen-bond donors (Lipinski definition) is 0. The number of benzene rings is 2. The van der Waals surface area contributed by atoms with E-state index in [1.54, 1.807) is 0 Å². The molecule has 15 heteroatoms. The Morgan fingerprint density at radius 3 is 2.04 bits per heavy atom. The van der Waals surface area contributed by atoms with Gasteiger partial charge in [-0.2, -0.15) is 17.6 Å². The van der Waals surface area contributed by atoms with E-state index in [-0.39, 0.29) is 49.8 Å². The lowest BCUT2D eigenvalue weighted by atomic mass is 9.82. The lowest BCUT2D eigenvalue weighted by Gasteiger charge is -2.40. The summed E-state index contributed by atoms with van der Waals surface area (Å²) < 4.78 is 167. The van der Waals surface area contributed by atoms with E-state index in [4.69, 9.17) is 9.47 Å². The summed E-state index contributed by atoms with van der Waals surface area (Å²) in [5.41, 5.74) is -1.03. The van der Waals surface area contributed by atoms with E-state index in [1.165, 1.54) is 18.9 Å². The summed E-state index contributed by atoms with van der Waals surface area (Å²) in [6.45, 7) is 2.40. The topological polar surface area (TPSA) is 27.7 Å². The fourth-order valence-corrected chi connectivity index (χ4v) is 6.98. The van der Waals surface area contributed by atoms with Crippen LogP contribution in [0.5, 0.6) is 5.75 Å². The van der Waals surface area contributed by atoms with Gasteiger partial charge in [0.1, 0.15) is 28.4 Å². The molecule has 2 atom stereocenters. The van der Waals surface area contributed by atoms with Crippen molar-refractivity contribution in [1.82, 2.24) is 0 Å². The molecule has 0 spiro atoms. The number of ether oxygens (including phenoxy) is 3. The zero-order valence-electron chi connectivity index (χ0n) is 25.8. The average molecular weight is 713 g/mol. The van der Waals surface area contributed by atoms with Crippen molar-refractivity contribution < 1.29 is 60.0 Å². The van der Waals surface area contributed by atoms with Gasteiger partial charge in [0.25, 0.3) is 0 Å². The molecule has 0 radical (unpaired) electrons. The molecule has 1 aliphatic carbocycles. The molecule has 0 aromatic heterocycles. The predicted octanol–water partition coefficient (Wildman–Crippen LogP) is 12.5. The fourth-order valence-electron chi connectivity index (χ4n) is 6.23. The highest BCUT2D eigenvalue weighted by molar-refractivity contribution is 8.45. The molecule has 268 valence electrons. The van der Waals surface area contributed by atoms with Crippen LogP contribution >= 0.6 is 10.2 Å². The first-order chi connectivity index (χ1) is 21.7. The van der Waals surface area contributed by atoms with E-state index in [9.17, 15) is 45.8 Å². The minimum atomic E-state index is -10.4. The molecule has 0 N–H and O–H groups in total. The quantitative estimate of drug-likeness (QED) is 0.144. The Balaban J connectivity index is 1.28. The van der Waals surface area contributed by atoms with E-state index >= 15 is 0 Å². The molecule has 1 saturated carbocycles. The smallest absolute Gasteiger partial charge is 0.429 e. The summed E-state index contributed by atoms with van der Waals surface area (Å²) in [4.78, 5) is -2.90. The van der Waals surface area contributed by atoms with Crippen molar-refractivity contribution in [3.8, 4) is 5.75 Å². The second-order valence-electron chi connectivity index (χ2n) is 12.5. The second kappa shape index (κ2) is 13.6. The van der Waals surface area contributed by atoms with Crippen LogP contribution in [0.1, 0.15) is 101 Å². The summed E-state index contributed by atoms with van der Waals surface area (Å²) in [7, 11) is -10.4. The molecule has 1 heterocycles. The molecule has 2 aliphatic rings. The van der Waals surface area contributed by atoms with Gasteiger partial charge in [0.15, 0.2) is 0 Å². The maximum absolute atomic E-state index is 14.9. The van der Waals surface area contributed by atoms with Gasteiger partial charge in [0, 0.05) is 6.07 Å². The molecule has 2 aromatic carbocycles. The summed E-state index contributed by atoms with van der Waals surface area (Å²) in [5.74, 6) is -5.33. The molecule has 1 aliphatic heterocycles. The van der Waals surface area contributed by atoms with E-state index < -0.39 is 68.6 Å². The van der Waals surface area contributed by atoms with Crippen molar-refractivity contribution in [1.29, 1.82) is 0 Å². The van der Waals surface area contributed by atoms with E-state index in [1.807, 2.05) is 0 Å². The summed E-state index contributed by atoms with van der Waals surface area (Å²) >= 11 is 0. The highest BCUT2D eigenvalue weighted by Gasteiger charge is 2.67. The Labute approximate surface area is 266 Å². The first kappa shape index (κ1) is 37.6. The fraction of sp³-hybridized carbons (Fsp3) is 0.625. The van der Waals surface area contributed by atoms with Crippen LogP contribution in [-0.2, 0) is 15.6 Å². The summed E-state index contributed by atoms with van der Waals surface area (Å²) in [5, 5.41) is 0. The highest BCUT2D eigenvalue weighted by Crippen LogP contribution is 3.02. The Kier molecular flexibility index (Phi) is 10.8. The summed E-state index contributed by atoms with van der Waals surface area (Å²) in [6, 6.07) is 2.02. The van der Waals surface area contributed by atoms with Crippen LogP contribution in [-0.4, -0.2) is 24.9 Å². The number of unbranched alkanes of at least 4 members (excludes halogenated alkanes) is 4. The van der Waals surface area contributed by atoms with Crippen molar-refractivity contribution in [2.75, 3.05) is 6.61 Å². The van der Waals surface area contributed by atoms with Gasteiger partial charge >= 0.3 is 22.4 Å². The van der Waals surface area contributed by atoms with E-state index in [0.29, 0.717) is 30.9 Å². The average Bonchev–Trinajstić information content (AvgIpc) is 2.96. The molecular formula is C32H39F11O3S. The standard InChI is InChI=1S/C32H39F11O3S/c1-2-3-4-5-6-7-21-8-17-30(44-20-21)32(37,38)45-24-12-9-22(10-13-24)23-11-15-26(27(33)18-23)31(35,36)46-25-14-16-29(28(34)19-25)47(39,40,41,42)43/h11,14-16,18-19,21-22,24,30H,2-10,12-13,17,20H2,1H3. The lowest BCUT2D eigenvalue weighted by molar-refractivity contribution is -0.326. The van der Waals surface area contributed by atoms with Crippen molar-refractivity contribution in [2.24, 2.45) is 5.92 Å². The molecule has 3 nitrogen and oxygen atoms in total. The minimum absolute atomic E-state index is 0.0775. The van der Waals surface area contributed by atoms with Crippen LogP contribution in [0.3, 0.4) is 0 Å². The largest absolute Gasteiger partial charge is 0.429 e. The van der Waals surface area contributed by atoms with Gasteiger partial charge < -0.3 is 14.2 Å². The molecule has 47 heavy (non-hydrogen) atoms. The van der Waals surface area contributed by atoms with Crippen LogP contribution in [0.15, 0.2) is 41.3 Å². The Morgan fingerprint density at radius 2 is 1.47 bits per heavy atom. The Bertz CT molecular complexity index is 1360. The predicted molar refractivity (Wildman–Crippen MR) is 156 cm³/mol.